The van der Waals surface area contributed by atoms with Gasteiger partial charge in [-0.2, -0.15) is 0 Å². The van der Waals surface area contributed by atoms with E-state index in [1.807, 2.05) is 6.92 Å². The van der Waals surface area contributed by atoms with Gasteiger partial charge in [-0.3, -0.25) is 4.79 Å². The van der Waals surface area contributed by atoms with Crippen LogP contribution in [0.2, 0.25) is 0 Å². The number of aryl methyl sites for hydroxylation is 1. The second-order valence-corrected chi connectivity index (χ2v) is 4.18. The van der Waals surface area contributed by atoms with Crippen molar-refractivity contribution in [1.82, 2.24) is 5.32 Å². The van der Waals surface area contributed by atoms with Crippen LogP contribution in [-0.2, 0) is 16.0 Å². The Bertz CT molecular complexity index is 372. The molecular weight excluding hydrogens is 234 g/mol. The third-order valence-corrected chi connectivity index (χ3v) is 2.66. The Balaban J connectivity index is 2.34. The number of aliphatic carboxylic acids is 1. The van der Waals surface area contributed by atoms with E-state index in [2.05, 4.69) is 5.32 Å². The maximum Gasteiger partial charge on any atom is 0.326 e. The van der Waals surface area contributed by atoms with E-state index in [1.54, 1.807) is 18.4 Å². The molecule has 0 aliphatic carbocycles. The van der Waals surface area contributed by atoms with Crippen LogP contribution < -0.4 is 5.32 Å². The average molecular weight is 253 g/mol. The molecule has 1 amide bonds. The summed E-state index contributed by atoms with van der Waals surface area (Å²) < 4.78 is 5.10. The number of hydrogen-bond acceptors (Lipinski definition) is 3. The van der Waals surface area contributed by atoms with E-state index in [4.69, 9.17) is 9.52 Å². The zero-order valence-corrected chi connectivity index (χ0v) is 10.5. The number of carboxylic acids is 1. The lowest BCUT2D eigenvalue weighted by atomic mass is 10.1. The molecule has 0 aromatic carbocycles. The van der Waals surface area contributed by atoms with Gasteiger partial charge in [0.1, 0.15) is 11.8 Å². The van der Waals surface area contributed by atoms with E-state index in [1.165, 1.54) is 0 Å². The summed E-state index contributed by atoms with van der Waals surface area (Å²) in [5.74, 6) is -0.504. The van der Waals surface area contributed by atoms with Crippen LogP contribution in [0.5, 0.6) is 0 Å². The van der Waals surface area contributed by atoms with E-state index in [9.17, 15) is 9.59 Å². The van der Waals surface area contributed by atoms with Crippen LogP contribution in [0, 0.1) is 0 Å². The van der Waals surface area contributed by atoms with Crippen LogP contribution in [0.1, 0.15) is 38.4 Å². The van der Waals surface area contributed by atoms with Crippen molar-refractivity contribution in [2.75, 3.05) is 0 Å². The topological polar surface area (TPSA) is 79.5 Å². The van der Waals surface area contributed by atoms with Crippen molar-refractivity contribution in [2.45, 2.75) is 45.1 Å². The van der Waals surface area contributed by atoms with E-state index in [0.29, 0.717) is 12.8 Å². The fraction of sp³-hybridized carbons (Fsp3) is 0.538. The molecule has 5 heteroatoms. The zero-order valence-electron chi connectivity index (χ0n) is 10.5. The normalized spacial score (nSPS) is 12.1. The molecule has 0 radical (unpaired) electrons. The zero-order chi connectivity index (χ0) is 13.4. The highest BCUT2D eigenvalue weighted by Gasteiger charge is 2.18. The first-order valence-corrected chi connectivity index (χ1v) is 6.18. The molecule has 18 heavy (non-hydrogen) atoms. The number of amides is 1. The van der Waals surface area contributed by atoms with Crippen molar-refractivity contribution in [3.63, 3.8) is 0 Å². The molecule has 1 rings (SSSR count). The minimum Gasteiger partial charge on any atom is -0.480 e. The van der Waals surface area contributed by atoms with Gasteiger partial charge >= 0.3 is 5.97 Å². The molecule has 0 aliphatic heterocycles. The molecule has 0 saturated heterocycles. The Morgan fingerprint density at radius 1 is 1.50 bits per heavy atom. The lowest BCUT2D eigenvalue weighted by molar-refractivity contribution is -0.142. The summed E-state index contributed by atoms with van der Waals surface area (Å²) >= 11 is 0. The third kappa shape index (κ3) is 5.03. The largest absolute Gasteiger partial charge is 0.480 e. The van der Waals surface area contributed by atoms with Gasteiger partial charge < -0.3 is 14.8 Å². The number of carbonyl (C=O) groups excluding carboxylic acids is 1. The average Bonchev–Trinajstić information content (AvgIpc) is 2.84. The molecule has 100 valence electrons. The molecule has 2 N–H and O–H groups in total. The van der Waals surface area contributed by atoms with Crippen LogP contribution >= 0.6 is 0 Å². The van der Waals surface area contributed by atoms with Crippen molar-refractivity contribution in [3.05, 3.63) is 24.2 Å². The van der Waals surface area contributed by atoms with Gasteiger partial charge in [0, 0.05) is 12.8 Å². The fourth-order valence-corrected chi connectivity index (χ4v) is 1.62. The van der Waals surface area contributed by atoms with Crippen molar-refractivity contribution in [2.24, 2.45) is 0 Å². The minimum absolute atomic E-state index is 0.240. The lowest BCUT2D eigenvalue weighted by Crippen LogP contribution is -2.40. The minimum atomic E-state index is -0.977. The molecule has 5 nitrogen and oxygen atoms in total. The molecule has 0 saturated carbocycles. The fourth-order valence-electron chi connectivity index (χ4n) is 1.62. The van der Waals surface area contributed by atoms with Crippen LogP contribution in [0.25, 0.3) is 0 Å². The van der Waals surface area contributed by atoms with Gasteiger partial charge in [0.2, 0.25) is 5.91 Å². The first kappa shape index (κ1) is 14.3. The molecular formula is C13H19NO4. The number of carbonyl (C=O) groups is 2. The van der Waals surface area contributed by atoms with E-state index in [0.717, 1.165) is 18.6 Å². The van der Waals surface area contributed by atoms with Gasteiger partial charge in [-0.05, 0) is 18.6 Å². The van der Waals surface area contributed by atoms with Gasteiger partial charge in [-0.25, -0.2) is 4.79 Å². The maximum atomic E-state index is 11.6. The van der Waals surface area contributed by atoms with Crippen LogP contribution in [0.4, 0.5) is 0 Å². The van der Waals surface area contributed by atoms with Crippen molar-refractivity contribution >= 4 is 11.9 Å². The predicted molar refractivity (Wildman–Crippen MR) is 66.1 cm³/mol. The van der Waals surface area contributed by atoms with Gasteiger partial charge in [-0.1, -0.05) is 19.8 Å². The quantitative estimate of drug-likeness (QED) is 0.742. The second-order valence-electron chi connectivity index (χ2n) is 4.18. The maximum absolute atomic E-state index is 11.6. The summed E-state index contributed by atoms with van der Waals surface area (Å²) in [5.41, 5.74) is 0. The molecule has 1 aromatic heterocycles. The summed E-state index contributed by atoms with van der Waals surface area (Å²) in [7, 11) is 0. The summed E-state index contributed by atoms with van der Waals surface area (Å²) in [5, 5.41) is 11.5. The Morgan fingerprint density at radius 3 is 2.83 bits per heavy atom. The number of unbranched alkanes of at least 4 members (excludes halogenated alkanes) is 1. The van der Waals surface area contributed by atoms with Crippen LogP contribution in [-0.4, -0.2) is 23.0 Å². The Kier molecular flexibility index (Phi) is 5.97. The Morgan fingerprint density at radius 2 is 2.28 bits per heavy atom. The summed E-state index contributed by atoms with van der Waals surface area (Å²) in [6.07, 6.45) is 4.44. The second kappa shape index (κ2) is 7.53. The molecule has 0 spiro atoms. The first-order chi connectivity index (χ1) is 8.63. The van der Waals surface area contributed by atoms with Crippen molar-refractivity contribution < 1.29 is 19.1 Å². The van der Waals surface area contributed by atoms with E-state index < -0.39 is 12.0 Å². The van der Waals surface area contributed by atoms with Gasteiger partial charge in [0.15, 0.2) is 0 Å². The highest BCUT2D eigenvalue weighted by Crippen LogP contribution is 2.05. The molecule has 0 bridgehead atoms. The molecule has 1 aromatic rings. The number of carboxylic acid groups (broad SMARTS) is 1. The number of rotatable bonds is 8. The van der Waals surface area contributed by atoms with Gasteiger partial charge in [-0.15, -0.1) is 0 Å². The summed E-state index contributed by atoms with van der Waals surface area (Å²) in [6, 6.07) is 2.77. The van der Waals surface area contributed by atoms with E-state index in [-0.39, 0.29) is 12.3 Å². The SMILES string of the molecule is CCCC[C@H](NC(=O)CCc1ccco1)C(=O)O. The standard InChI is InChI=1S/C13H19NO4/c1-2-3-6-11(13(16)17)14-12(15)8-7-10-5-4-9-18-10/h4-5,9,11H,2-3,6-8H2,1H3,(H,14,15)(H,16,17)/t11-/m0/s1. The smallest absolute Gasteiger partial charge is 0.326 e. The molecule has 0 aliphatic rings. The lowest BCUT2D eigenvalue weighted by Gasteiger charge is -2.13. The first-order valence-electron chi connectivity index (χ1n) is 6.18. The van der Waals surface area contributed by atoms with Crippen LogP contribution in [0.3, 0.4) is 0 Å². The Hall–Kier alpha value is -1.78. The van der Waals surface area contributed by atoms with Gasteiger partial charge in [0.05, 0.1) is 6.26 Å². The summed E-state index contributed by atoms with van der Waals surface area (Å²) in [4.78, 5) is 22.5. The monoisotopic (exact) mass is 253 g/mol. The molecule has 1 atom stereocenters. The molecule has 1 heterocycles. The number of nitrogens with one attached hydrogen (secondary N) is 1. The highest BCUT2D eigenvalue weighted by atomic mass is 16.4. The van der Waals surface area contributed by atoms with Crippen molar-refractivity contribution in [3.8, 4) is 0 Å². The van der Waals surface area contributed by atoms with E-state index >= 15 is 0 Å². The third-order valence-electron chi connectivity index (χ3n) is 2.66. The summed E-state index contributed by atoms with van der Waals surface area (Å²) in [6.45, 7) is 1.98. The van der Waals surface area contributed by atoms with Crippen LogP contribution in [0.15, 0.2) is 22.8 Å². The molecule has 0 unspecified atom stereocenters. The highest BCUT2D eigenvalue weighted by molar-refractivity contribution is 5.83. The molecule has 0 fully saturated rings. The number of furan rings is 1. The van der Waals surface area contributed by atoms with Gasteiger partial charge in [0.25, 0.3) is 0 Å². The predicted octanol–water partition coefficient (Wildman–Crippen LogP) is 1.97. The Labute approximate surface area is 106 Å². The number of hydrogen-bond donors (Lipinski definition) is 2. The van der Waals surface area contributed by atoms with Crippen molar-refractivity contribution in [1.29, 1.82) is 0 Å².